The molecule has 2 amide bonds. The van der Waals surface area contributed by atoms with Crippen molar-refractivity contribution in [1.29, 1.82) is 0 Å². The molecule has 0 aromatic heterocycles. The number of amides is 2. The Morgan fingerprint density at radius 3 is 2.25 bits per heavy atom. The number of benzene rings is 2. The Kier molecular flexibility index (Phi) is 4.40. The van der Waals surface area contributed by atoms with Crippen LogP contribution in [0.3, 0.4) is 0 Å². The molecule has 0 spiro atoms. The summed E-state index contributed by atoms with van der Waals surface area (Å²) in [5, 5.41) is 1.82. The summed E-state index contributed by atoms with van der Waals surface area (Å²) in [6.45, 7) is 2.46. The normalized spacial score (nSPS) is 14.9. The van der Waals surface area contributed by atoms with Crippen molar-refractivity contribution in [2.75, 3.05) is 13.1 Å². The molecule has 6 heteroatoms. The highest BCUT2D eigenvalue weighted by Gasteiger charge is 2.35. The fraction of sp³-hybridized carbons (Fsp3) is 0.222. The molecule has 0 aliphatic carbocycles. The number of rotatable bonds is 5. The van der Waals surface area contributed by atoms with Crippen molar-refractivity contribution >= 4 is 11.8 Å². The number of quaternary nitrogens is 1. The maximum absolute atomic E-state index is 13.8. The van der Waals surface area contributed by atoms with Crippen LogP contribution >= 0.6 is 0 Å². The van der Waals surface area contributed by atoms with Crippen LogP contribution in [0.4, 0.5) is 8.78 Å². The van der Waals surface area contributed by atoms with Gasteiger partial charge in [-0.15, -0.1) is 0 Å². The van der Waals surface area contributed by atoms with Crippen LogP contribution in [-0.4, -0.2) is 29.8 Å². The Hall–Kier alpha value is -2.60. The largest absolute Gasteiger partial charge is 0.339 e. The Bertz CT molecular complexity index is 772. The van der Waals surface area contributed by atoms with E-state index in [1.807, 2.05) is 5.32 Å². The highest BCUT2D eigenvalue weighted by atomic mass is 19.1. The van der Waals surface area contributed by atoms with Gasteiger partial charge in [0.2, 0.25) is 0 Å². The SMILES string of the molecule is C[C@H]([NH2+]CCN1C(=O)c2ccccc2C1=O)c1ccc(F)cc1F. The quantitative estimate of drug-likeness (QED) is 0.851. The van der Waals surface area contributed by atoms with Gasteiger partial charge in [0.15, 0.2) is 0 Å². The number of carbonyl (C=O) groups is 2. The van der Waals surface area contributed by atoms with E-state index in [9.17, 15) is 18.4 Å². The monoisotopic (exact) mass is 331 g/mol. The van der Waals surface area contributed by atoms with Crippen LogP contribution in [0.25, 0.3) is 0 Å². The molecule has 1 aliphatic heterocycles. The van der Waals surface area contributed by atoms with E-state index in [1.54, 1.807) is 31.2 Å². The molecule has 0 bridgehead atoms. The first-order valence-electron chi connectivity index (χ1n) is 7.72. The fourth-order valence-corrected chi connectivity index (χ4v) is 2.89. The Morgan fingerprint density at radius 1 is 1.04 bits per heavy atom. The van der Waals surface area contributed by atoms with E-state index in [-0.39, 0.29) is 24.4 Å². The van der Waals surface area contributed by atoms with E-state index in [0.717, 1.165) is 6.07 Å². The summed E-state index contributed by atoms with van der Waals surface area (Å²) < 4.78 is 26.7. The lowest BCUT2D eigenvalue weighted by atomic mass is 10.1. The van der Waals surface area contributed by atoms with E-state index in [2.05, 4.69) is 0 Å². The van der Waals surface area contributed by atoms with Crippen LogP contribution in [0.5, 0.6) is 0 Å². The van der Waals surface area contributed by atoms with Crippen LogP contribution < -0.4 is 5.32 Å². The van der Waals surface area contributed by atoms with Gasteiger partial charge in [-0.05, 0) is 31.2 Å². The first-order valence-corrected chi connectivity index (χ1v) is 7.72. The molecule has 0 radical (unpaired) electrons. The first kappa shape index (κ1) is 16.3. The number of fused-ring (bicyclic) bond motifs is 1. The summed E-state index contributed by atoms with van der Waals surface area (Å²) in [6, 6.07) is 9.94. The van der Waals surface area contributed by atoms with Crippen LogP contribution in [0.2, 0.25) is 0 Å². The van der Waals surface area contributed by atoms with Gasteiger partial charge in [-0.25, -0.2) is 8.78 Å². The summed E-state index contributed by atoms with van der Waals surface area (Å²) in [4.78, 5) is 25.7. The Labute approximate surface area is 138 Å². The van der Waals surface area contributed by atoms with Gasteiger partial charge >= 0.3 is 0 Å². The Morgan fingerprint density at radius 2 is 1.67 bits per heavy atom. The minimum Gasteiger partial charge on any atom is -0.339 e. The number of carbonyl (C=O) groups excluding carboxylic acids is 2. The molecule has 24 heavy (non-hydrogen) atoms. The lowest BCUT2D eigenvalue weighted by molar-refractivity contribution is -0.692. The van der Waals surface area contributed by atoms with Crippen molar-refractivity contribution in [3.8, 4) is 0 Å². The van der Waals surface area contributed by atoms with E-state index in [1.165, 1.54) is 17.0 Å². The molecule has 0 saturated heterocycles. The number of nitrogens with zero attached hydrogens (tertiary/aromatic N) is 1. The van der Waals surface area contributed by atoms with Gasteiger partial charge in [0.25, 0.3) is 11.8 Å². The zero-order valence-corrected chi connectivity index (χ0v) is 13.1. The van der Waals surface area contributed by atoms with E-state index >= 15 is 0 Å². The minimum atomic E-state index is -0.616. The second-order valence-electron chi connectivity index (χ2n) is 5.79. The third-order valence-corrected chi connectivity index (χ3v) is 4.20. The van der Waals surface area contributed by atoms with Gasteiger partial charge in [0.1, 0.15) is 17.7 Å². The maximum atomic E-state index is 13.8. The average molecular weight is 331 g/mol. The molecule has 2 aromatic carbocycles. The molecule has 2 aromatic rings. The molecule has 0 unspecified atom stereocenters. The lowest BCUT2D eigenvalue weighted by Crippen LogP contribution is -2.86. The van der Waals surface area contributed by atoms with Gasteiger partial charge in [0.05, 0.1) is 24.2 Å². The summed E-state index contributed by atoms with van der Waals surface area (Å²) in [5.74, 6) is -1.82. The highest BCUT2D eigenvalue weighted by Crippen LogP contribution is 2.21. The second-order valence-corrected chi connectivity index (χ2v) is 5.79. The van der Waals surface area contributed by atoms with Crippen molar-refractivity contribution in [1.82, 2.24) is 4.90 Å². The van der Waals surface area contributed by atoms with Gasteiger partial charge in [-0.3, -0.25) is 14.5 Å². The van der Waals surface area contributed by atoms with Crippen LogP contribution in [0, 0.1) is 11.6 Å². The third-order valence-electron chi connectivity index (χ3n) is 4.20. The van der Waals surface area contributed by atoms with Crippen molar-refractivity contribution in [2.24, 2.45) is 0 Å². The van der Waals surface area contributed by atoms with Crippen molar-refractivity contribution in [3.63, 3.8) is 0 Å². The van der Waals surface area contributed by atoms with Crippen LogP contribution in [-0.2, 0) is 0 Å². The summed E-state index contributed by atoms with van der Waals surface area (Å²) in [7, 11) is 0. The summed E-state index contributed by atoms with van der Waals surface area (Å²) >= 11 is 0. The molecule has 4 nitrogen and oxygen atoms in total. The standard InChI is InChI=1S/C18H16F2N2O2/c1-11(13-7-6-12(19)10-16(13)20)21-8-9-22-17(23)14-4-2-3-5-15(14)18(22)24/h2-7,10-11,21H,8-9H2,1H3/p+1/t11-/m0/s1. The minimum absolute atomic E-state index is 0.236. The van der Waals surface area contributed by atoms with Gasteiger partial charge < -0.3 is 5.32 Å². The molecule has 0 fully saturated rings. The zero-order valence-electron chi connectivity index (χ0n) is 13.1. The number of nitrogens with two attached hydrogens (primary N) is 1. The van der Waals surface area contributed by atoms with E-state index in [4.69, 9.17) is 0 Å². The molecule has 3 rings (SSSR count). The van der Waals surface area contributed by atoms with Gasteiger partial charge in [-0.2, -0.15) is 0 Å². The number of hydrogen-bond acceptors (Lipinski definition) is 2. The zero-order chi connectivity index (χ0) is 17.3. The van der Waals surface area contributed by atoms with Crippen molar-refractivity contribution < 1.29 is 23.7 Å². The van der Waals surface area contributed by atoms with E-state index < -0.39 is 11.6 Å². The first-order chi connectivity index (χ1) is 11.5. The van der Waals surface area contributed by atoms with Crippen LogP contribution in [0.15, 0.2) is 42.5 Å². The second kappa shape index (κ2) is 6.49. The molecular weight excluding hydrogens is 314 g/mol. The molecular formula is C18H17F2N2O2+. The van der Waals surface area contributed by atoms with Crippen LogP contribution in [0.1, 0.15) is 39.2 Å². The van der Waals surface area contributed by atoms with Crippen molar-refractivity contribution in [3.05, 3.63) is 70.8 Å². The number of halogens is 2. The van der Waals surface area contributed by atoms with Gasteiger partial charge in [0, 0.05) is 11.6 Å². The van der Waals surface area contributed by atoms with E-state index in [0.29, 0.717) is 23.2 Å². The highest BCUT2D eigenvalue weighted by molar-refractivity contribution is 6.21. The number of imide groups is 1. The summed E-state index contributed by atoms with van der Waals surface area (Å²) in [5.41, 5.74) is 1.22. The van der Waals surface area contributed by atoms with Gasteiger partial charge in [-0.1, -0.05) is 12.1 Å². The fourth-order valence-electron chi connectivity index (χ4n) is 2.89. The van der Waals surface area contributed by atoms with Crippen molar-refractivity contribution in [2.45, 2.75) is 13.0 Å². The molecule has 124 valence electrons. The number of hydrogen-bond donors (Lipinski definition) is 1. The maximum Gasteiger partial charge on any atom is 0.261 e. The molecule has 1 heterocycles. The summed E-state index contributed by atoms with van der Waals surface area (Å²) in [6.07, 6.45) is 0. The average Bonchev–Trinajstić information content (AvgIpc) is 2.80. The molecule has 1 atom stereocenters. The smallest absolute Gasteiger partial charge is 0.261 e. The Balaban J connectivity index is 1.61. The predicted molar refractivity (Wildman–Crippen MR) is 83.4 cm³/mol. The predicted octanol–water partition coefficient (Wildman–Crippen LogP) is 1.89. The molecule has 1 aliphatic rings. The topological polar surface area (TPSA) is 54.0 Å². The third kappa shape index (κ3) is 2.92. The molecule has 0 saturated carbocycles. The lowest BCUT2D eigenvalue weighted by Gasteiger charge is -2.16. The molecule has 2 N–H and O–H groups in total.